The van der Waals surface area contributed by atoms with E-state index in [0.29, 0.717) is 12.1 Å². The number of aromatic carboxylic acids is 1. The van der Waals surface area contributed by atoms with Gasteiger partial charge in [-0.3, -0.25) is 0 Å². The van der Waals surface area contributed by atoms with E-state index in [2.05, 4.69) is 36.6 Å². The molecular weight excluding hydrogens is 338 g/mol. The third-order valence-corrected chi connectivity index (χ3v) is 5.05. The van der Waals surface area contributed by atoms with E-state index in [0.717, 1.165) is 40.8 Å². The maximum atomic E-state index is 11.1. The van der Waals surface area contributed by atoms with Gasteiger partial charge in [0.25, 0.3) is 0 Å². The van der Waals surface area contributed by atoms with E-state index < -0.39 is 5.97 Å². The first-order valence-corrected chi connectivity index (χ1v) is 9.26. The average molecular weight is 360 g/mol. The summed E-state index contributed by atoms with van der Waals surface area (Å²) in [6.07, 6.45) is 1.85. The van der Waals surface area contributed by atoms with E-state index in [9.17, 15) is 4.79 Å². The number of carboxylic acid groups (broad SMARTS) is 1. The van der Waals surface area contributed by atoms with Crippen LogP contribution in [0, 0.1) is 0 Å². The quantitative estimate of drug-likeness (QED) is 0.553. The summed E-state index contributed by atoms with van der Waals surface area (Å²) in [4.78, 5) is 11.1. The van der Waals surface area contributed by atoms with Crippen molar-refractivity contribution in [2.75, 3.05) is 0 Å². The first kappa shape index (κ1) is 17.2. The Hall–Kier alpha value is -3.21. The van der Waals surface area contributed by atoms with Gasteiger partial charge in [-0.25, -0.2) is 9.36 Å². The molecule has 0 aliphatic heterocycles. The van der Waals surface area contributed by atoms with E-state index >= 15 is 0 Å². The van der Waals surface area contributed by atoms with Crippen LogP contribution in [0.15, 0.2) is 54.6 Å². The van der Waals surface area contributed by atoms with Crippen molar-refractivity contribution in [3.05, 3.63) is 77.0 Å². The summed E-state index contributed by atoms with van der Waals surface area (Å²) in [6.45, 7) is 4.95. The molecule has 0 spiro atoms. The van der Waals surface area contributed by atoms with E-state index in [1.807, 2.05) is 28.8 Å². The molecule has 0 amide bonds. The van der Waals surface area contributed by atoms with Gasteiger partial charge in [0.05, 0.1) is 11.3 Å². The minimum Gasteiger partial charge on any atom is -0.478 e. The molecule has 0 unspecified atom stereocenters. The van der Waals surface area contributed by atoms with Crippen molar-refractivity contribution in [2.24, 2.45) is 0 Å². The van der Waals surface area contributed by atoms with Crippen molar-refractivity contribution in [2.45, 2.75) is 33.2 Å². The molecule has 2 aromatic carbocycles. The number of aryl methyl sites for hydroxylation is 2. The molecule has 0 radical (unpaired) electrons. The second-order valence-electron chi connectivity index (χ2n) is 6.67. The fraction of sp³-hybridized carbons (Fsp3) is 0.227. The number of imidazole rings is 1. The summed E-state index contributed by atoms with van der Waals surface area (Å²) in [5, 5.41) is 14.0. The van der Waals surface area contributed by atoms with Gasteiger partial charge in [-0.1, -0.05) is 47.7 Å². The van der Waals surface area contributed by atoms with Gasteiger partial charge in [-0.2, -0.15) is 0 Å². The van der Waals surface area contributed by atoms with Gasteiger partial charge >= 0.3 is 11.6 Å². The predicted molar refractivity (Wildman–Crippen MR) is 104 cm³/mol. The van der Waals surface area contributed by atoms with Crippen LogP contribution in [0.25, 0.3) is 16.7 Å². The highest BCUT2D eigenvalue weighted by molar-refractivity contribution is 5.87. The highest BCUT2D eigenvalue weighted by atomic mass is 16.4. The van der Waals surface area contributed by atoms with Crippen molar-refractivity contribution >= 4 is 22.6 Å². The lowest BCUT2D eigenvalue weighted by atomic mass is 10.1. The molecule has 2 aromatic heterocycles. The van der Waals surface area contributed by atoms with Crippen LogP contribution in [0.2, 0.25) is 0 Å². The van der Waals surface area contributed by atoms with E-state index in [1.54, 1.807) is 12.1 Å². The highest BCUT2D eigenvalue weighted by Crippen LogP contribution is 2.18. The molecule has 4 aromatic rings. The molecule has 0 aliphatic carbocycles. The lowest BCUT2D eigenvalue weighted by Gasteiger charge is -2.04. The molecule has 0 fully saturated rings. The van der Waals surface area contributed by atoms with Gasteiger partial charge in [-0.15, -0.1) is 0 Å². The summed E-state index contributed by atoms with van der Waals surface area (Å²) in [7, 11) is 0. The van der Waals surface area contributed by atoms with Crippen LogP contribution >= 0.6 is 0 Å². The van der Waals surface area contributed by atoms with Gasteiger partial charge < -0.3 is 5.11 Å². The second kappa shape index (κ2) is 6.83. The molecule has 0 bridgehead atoms. The number of benzene rings is 2. The molecule has 2 heterocycles. The normalized spacial score (nSPS) is 11.3. The van der Waals surface area contributed by atoms with E-state index in [1.165, 1.54) is 5.56 Å². The number of rotatable bonds is 5. The Labute approximate surface area is 157 Å². The smallest absolute Gasteiger partial charge is 0.335 e. The van der Waals surface area contributed by atoms with Gasteiger partial charge in [0.2, 0.25) is 5.52 Å². The number of carbonyl (C=O) groups is 1. The first-order valence-electron chi connectivity index (χ1n) is 9.26. The van der Waals surface area contributed by atoms with Crippen LogP contribution in [0.3, 0.4) is 0 Å². The molecule has 5 nitrogen and oxygen atoms in total. The molecule has 4 rings (SSSR count). The van der Waals surface area contributed by atoms with Crippen molar-refractivity contribution in [3.63, 3.8) is 0 Å². The summed E-state index contributed by atoms with van der Waals surface area (Å²) in [5.74, 6) is -0.905. The van der Waals surface area contributed by atoms with Crippen molar-refractivity contribution < 1.29 is 14.5 Å². The van der Waals surface area contributed by atoms with Crippen LogP contribution in [0.5, 0.6) is 0 Å². The number of nitrogens with zero attached hydrogens (tertiary/aromatic N) is 3. The van der Waals surface area contributed by atoms with Gasteiger partial charge in [0.1, 0.15) is 6.54 Å². The molecule has 1 N–H and O–H groups in total. The number of aromatic nitrogens is 3. The molecule has 136 valence electrons. The maximum Gasteiger partial charge on any atom is 0.335 e. The summed E-state index contributed by atoms with van der Waals surface area (Å²) in [6, 6.07) is 17.6. The average Bonchev–Trinajstić information content (AvgIpc) is 3.00. The molecule has 0 saturated carbocycles. The second-order valence-corrected chi connectivity index (χ2v) is 6.67. The minimum atomic E-state index is -0.905. The molecule has 0 aliphatic rings. The van der Waals surface area contributed by atoms with Crippen molar-refractivity contribution in [1.82, 2.24) is 9.61 Å². The largest absolute Gasteiger partial charge is 0.478 e. The summed E-state index contributed by atoms with van der Waals surface area (Å²) in [5.41, 5.74) is 6.99. The summed E-state index contributed by atoms with van der Waals surface area (Å²) >= 11 is 0. The number of carboxylic acids is 1. The minimum absolute atomic E-state index is 0.304. The van der Waals surface area contributed by atoms with Crippen LogP contribution in [-0.2, 0) is 19.4 Å². The van der Waals surface area contributed by atoms with Crippen molar-refractivity contribution in [1.29, 1.82) is 0 Å². The Morgan fingerprint density at radius 2 is 1.81 bits per heavy atom. The van der Waals surface area contributed by atoms with E-state index in [-0.39, 0.29) is 0 Å². The standard InChI is InChI=1S/C22H21N3O2/c1-3-16-13-21-24(14-15-9-11-17(12-10-15)22(26)27)19-7-5-6-8-20(19)25(21)23-18(16)4-2/h5-13H,3-4,14H2,1-2H3/p+1. The van der Waals surface area contributed by atoms with Gasteiger partial charge in [0.15, 0.2) is 5.52 Å². The molecule has 0 saturated heterocycles. The Morgan fingerprint density at radius 1 is 1.07 bits per heavy atom. The lowest BCUT2D eigenvalue weighted by Crippen LogP contribution is -2.34. The zero-order valence-corrected chi connectivity index (χ0v) is 15.5. The van der Waals surface area contributed by atoms with Gasteiger partial charge in [0, 0.05) is 6.07 Å². The fourth-order valence-electron chi connectivity index (χ4n) is 3.61. The SMILES string of the molecule is CCc1cc2n(nc1CC)c1ccccc1[n+]2Cc1ccc(C(=O)O)cc1. The topological polar surface area (TPSA) is 58.5 Å². The predicted octanol–water partition coefficient (Wildman–Crippen LogP) is 3.65. The molecular formula is C22H22N3O2+. The van der Waals surface area contributed by atoms with Crippen molar-refractivity contribution in [3.8, 4) is 0 Å². The lowest BCUT2D eigenvalue weighted by molar-refractivity contribution is -0.636. The third-order valence-electron chi connectivity index (χ3n) is 5.05. The Balaban J connectivity index is 1.90. The number of hydrogen-bond acceptors (Lipinski definition) is 2. The third kappa shape index (κ3) is 2.95. The molecule has 0 atom stereocenters. The number of hydrogen-bond donors (Lipinski definition) is 1. The van der Waals surface area contributed by atoms with Crippen LogP contribution < -0.4 is 4.57 Å². The zero-order valence-electron chi connectivity index (χ0n) is 15.5. The monoisotopic (exact) mass is 360 g/mol. The Bertz CT molecular complexity index is 1140. The zero-order chi connectivity index (χ0) is 19.0. The Morgan fingerprint density at radius 3 is 2.48 bits per heavy atom. The van der Waals surface area contributed by atoms with Crippen LogP contribution in [0.4, 0.5) is 0 Å². The highest BCUT2D eigenvalue weighted by Gasteiger charge is 2.22. The maximum absolute atomic E-state index is 11.1. The van der Waals surface area contributed by atoms with E-state index in [4.69, 9.17) is 10.2 Å². The molecule has 27 heavy (non-hydrogen) atoms. The molecule has 5 heteroatoms. The fourth-order valence-corrected chi connectivity index (χ4v) is 3.61. The van der Waals surface area contributed by atoms with Crippen LogP contribution in [0.1, 0.15) is 41.0 Å². The van der Waals surface area contributed by atoms with Crippen LogP contribution in [-0.4, -0.2) is 20.7 Å². The number of fused-ring (bicyclic) bond motifs is 3. The first-order chi connectivity index (χ1) is 13.1. The van der Waals surface area contributed by atoms with Gasteiger partial charge in [-0.05, 0) is 48.2 Å². The number of para-hydroxylation sites is 2. The Kier molecular flexibility index (Phi) is 4.36. The summed E-state index contributed by atoms with van der Waals surface area (Å²) < 4.78 is 4.27.